The molecule has 0 aromatic heterocycles. The van der Waals surface area contributed by atoms with Gasteiger partial charge in [-0.05, 0) is 31.2 Å². The van der Waals surface area contributed by atoms with E-state index < -0.39 is 0 Å². The van der Waals surface area contributed by atoms with Gasteiger partial charge < -0.3 is 11.5 Å². The molecule has 15 heavy (non-hydrogen) atoms. The fourth-order valence-electron chi connectivity index (χ4n) is 2.13. The Balaban J connectivity index is 2.67. The first-order chi connectivity index (χ1) is 7.11. The molecule has 5 heteroatoms. The van der Waals surface area contributed by atoms with Crippen LogP contribution < -0.4 is 11.5 Å². The summed E-state index contributed by atoms with van der Waals surface area (Å²) in [6, 6.07) is 1.37. The lowest BCUT2D eigenvalue weighted by atomic mass is 9.88. The van der Waals surface area contributed by atoms with Gasteiger partial charge in [0.15, 0.2) is 0 Å². The molecule has 0 fully saturated rings. The molecule has 0 spiro atoms. The Morgan fingerprint density at radius 2 is 1.80 bits per heavy atom. The van der Waals surface area contributed by atoms with Crippen LogP contribution in [0.3, 0.4) is 0 Å². The topological polar surface area (TPSA) is 95.2 Å². The van der Waals surface area contributed by atoms with Gasteiger partial charge in [0.1, 0.15) is 0 Å². The maximum Gasteiger partial charge on any atom is 0.275 e. The highest BCUT2D eigenvalue weighted by Gasteiger charge is 2.24. The number of nitrogens with zero attached hydrogens (tertiary/aromatic N) is 1. The number of benzene rings is 1. The highest BCUT2D eigenvalue weighted by atomic mass is 16.6. The molecule has 0 saturated carbocycles. The largest absolute Gasteiger partial charge is 0.397 e. The molecule has 2 rings (SSSR count). The number of hydrogen-bond donors (Lipinski definition) is 2. The van der Waals surface area contributed by atoms with Crippen LogP contribution in [0.1, 0.15) is 24.0 Å². The van der Waals surface area contributed by atoms with Gasteiger partial charge in [-0.3, -0.25) is 10.1 Å². The molecule has 0 atom stereocenters. The molecule has 5 nitrogen and oxygen atoms in total. The molecule has 0 saturated heterocycles. The Kier molecular flexibility index (Phi) is 2.22. The van der Waals surface area contributed by atoms with E-state index in [-0.39, 0.29) is 10.6 Å². The van der Waals surface area contributed by atoms with Crippen molar-refractivity contribution < 1.29 is 4.92 Å². The second-order valence-corrected chi connectivity index (χ2v) is 3.82. The number of anilines is 2. The summed E-state index contributed by atoms with van der Waals surface area (Å²) in [7, 11) is 0. The predicted octanol–water partition coefficient (Wildman–Crippen LogP) is 1.64. The Hall–Kier alpha value is -1.78. The normalized spacial score (nSPS) is 14.7. The Morgan fingerprint density at radius 1 is 1.20 bits per heavy atom. The summed E-state index contributed by atoms with van der Waals surface area (Å²) in [5, 5.41) is 10.8. The van der Waals surface area contributed by atoms with Gasteiger partial charge in [0.2, 0.25) is 0 Å². The molecular formula is C10H13N3O2. The highest BCUT2D eigenvalue weighted by molar-refractivity contribution is 5.74. The highest BCUT2D eigenvalue weighted by Crippen LogP contribution is 2.36. The summed E-state index contributed by atoms with van der Waals surface area (Å²) < 4.78 is 0. The third-order valence-electron chi connectivity index (χ3n) is 2.90. The Morgan fingerprint density at radius 3 is 2.40 bits per heavy atom. The van der Waals surface area contributed by atoms with E-state index in [0.29, 0.717) is 11.4 Å². The lowest BCUT2D eigenvalue weighted by molar-refractivity contribution is -0.385. The van der Waals surface area contributed by atoms with Crippen molar-refractivity contribution in [2.24, 2.45) is 0 Å². The molecule has 0 bridgehead atoms. The third kappa shape index (κ3) is 1.49. The first-order valence-electron chi connectivity index (χ1n) is 4.95. The maximum absolute atomic E-state index is 10.8. The number of nitro benzene ring substituents is 1. The zero-order valence-electron chi connectivity index (χ0n) is 8.32. The van der Waals surface area contributed by atoms with E-state index in [9.17, 15) is 10.1 Å². The van der Waals surface area contributed by atoms with Crippen LogP contribution in [-0.4, -0.2) is 4.92 Å². The van der Waals surface area contributed by atoms with Crippen molar-refractivity contribution in [2.75, 3.05) is 11.5 Å². The smallest absolute Gasteiger partial charge is 0.275 e. The molecule has 0 radical (unpaired) electrons. The number of rotatable bonds is 1. The predicted molar refractivity (Wildman–Crippen MR) is 58.6 cm³/mol. The van der Waals surface area contributed by atoms with E-state index in [1.807, 2.05) is 0 Å². The van der Waals surface area contributed by atoms with Gasteiger partial charge in [0.05, 0.1) is 16.3 Å². The second kappa shape index (κ2) is 3.42. The minimum atomic E-state index is -0.375. The summed E-state index contributed by atoms with van der Waals surface area (Å²) in [4.78, 5) is 10.5. The van der Waals surface area contributed by atoms with Crippen molar-refractivity contribution in [3.8, 4) is 0 Å². The van der Waals surface area contributed by atoms with Crippen molar-refractivity contribution in [3.05, 3.63) is 27.3 Å². The van der Waals surface area contributed by atoms with Gasteiger partial charge in [-0.2, -0.15) is 0 Å². The molecule has 1 aromatic carbocycles. The fraction of sp³-hybridized carbons (Fsp3) is 0.400. The summed E-state index contributed by atoms with van der Waals surface area (Å²) in [5.74, 6) is 0. The van der Waals surface area contributed by atoms with Gasteiger partial charge in [0.25, 0.3) is 5.69 Å². The van der Waals surface area contributed by atoms with Crippen LogP contribution >= 0.6 is 0 Å². The van der Waals surface area contributed by atoms with Crippen molar-refractivity contribution in [1.29, 1.82) is 0 Å². The van der Waals surface area contributed by atoms with E-state index >= 15 is 0 Å². The lowest BCUT2D eigenvalue weighted by Crippen LogP contribution is -2.11. The molecule has 80 valence electrons. The standard InChI is InChI=1S/C10H13N3O2/c11-8-5-9(13(14)15)6-3-1-2-4-7(6)10(8)12/h5H,1-4,11-12H2. The number of nitro groups is 1. The molecule has 0 heterocycles. The minimum Gasteiger partial charge on any atom is -0.397 e. The van der Waals surface area contributed by atoms with Gasteiger partial charge in [-0.1, -0.05) is 0 Å². The molecule has 1 aliphatic rings. The van der Waals surface area contributed by atoms with Gasteiger partial charge in [-0.15, -0.1) is 0 Å². The second-order valence-electron chi connectivity index (χ2n) is 3.82. The molecule has 1 aromatic rings. The minimum absolute atomic E-state index is 0.122. The molecule has 4 N–H and O–H groups in total. The Bertz CT molecular complexity index is 429. The zero-order valence-corrected chi connectivity index (χ0v) is 8.32. The van der Waals surface area contributed by atoms with Crippen LogP contribution in [0, 0.1) is 10.1 Å². The van der Waals surface area contributed by atoms with Crippen LogP contribution in [-0.2, 0) is 12.8 Å². The zero-order chi connectivity index (χ0) is 11.0. The van der Waals surface area contributed by atoms with Crippen LogP contribution in [0.25, 0.3) is 0 Å². The van der Waals surface area contributed by atoms with Crippen LogP contribution in [0.5, 0.6) is 0 Å². The van der Waals surface area contributed by atoms with Crippen LogP contribution in [0.2, 0.25) is 0 Å². The van der Waals surface area contributed by atoms with E-state index in [4.69, 9.17) is 11.5 Å². The van der Waals surface area contributed by atoms with Crippen LogP contribution in [0.4, 0.5) is 17.1 Å². The molecular weight excluding hydrogens is 194 g/mol. The molecule has 0 aliphatic heterocycles. The van der Waals surface area contributed by atoms with E-state index in [1.165, 1.54) is 6.07 Å². The quantitative estimate of drug-likeness (QED) is 0.415. The summed E-state index contributed by atoms with van der Waals surface area (Å²) in [6.45, 7) is 0. The Labute approximate surface area is 87.2 Å². The van der Waals surface area contributed by atoms with Gasteiger partial charge in [-0.25, -0.2) is 0 Å². The number of nitrogens with two attached hydrogens (primary N) is 2. The lowest BCUT2D eigenvalue weighted by Gasteiger charge is -2.18. The number of nitrogen functional groups attached to an aromatic ring is 2. The van der Waals surface area contributed by atoms with Crippen molar-refractivity contribution in [3.63, 3.8) is 0 Å². The summed E-state index contributed by atoms with van der Waals surface area (Å²) in [6.07, 6.45) is 3.54. The first-order valence-corrected chi connectivity index (χ1v) is 4.95. The SMILES string of the molecule is Nc1cc([N+](=O)[O-])c2c(c1N)CCCC2. The van der Waals surface area contributed by atoms with Crippen molar-refractivity contribution in [1.82, 2.24) is 0 Å². The first kappa shape index (κ1) is 9.76. The number of hydrogen-bond acceptors (Lipinski definition) is 4. The monoisotopic (exact) mass is 207 g/mol. The average molecular weight is 207 g/mol. The average Bonchev–Trinajstić information content (AvgIpc) is 2.23. The fourth-order valence-corrected chi connectivity index (χ4v) is 2.13. The van der Waals surface area contributed by atoms with Crippen molar-refractivity contribution >= 4 is 17.1 Å². The molecule has 0 unspecified atom stereocenters. The summed E-state index contributed by atoms with van der Waals surface area (Å²) >= 11 is 0. The maximum atomic E-state index is 10.8. The van der Waals surface area contributed by atoms with Gasteiger partial charge >= 0.3 is 0 Å². The van der Waals surface area contributed by atoms with E-state index in [1.54, 1.807) is 0 Å². The van der Waals surface area contributed by atoms with Crippen molar-refractivity contribution in [2.45, 2.75) is 25.7 Å². The van der Waals surface area contributed by atoms with E-state index in [2.05, 4.69) is 0 Å². The molecule has 0 amide bonds. The van der Waals surface area contributed by atoms with E-state index in [0.717, 1.165) is 36.8 Å². The number of fused-ring (bicyclic) bond motifs is 1. The molecule has 1 aliphatic carbocycles. The van der Waals surface area contributed by atoms with Crippen LogP contribution in [0.15, 0.2) is 6.07 Å². The summed E-state index contributed by atoms with van der Waals surface area (Å²) in [5.41, 5.74) is 14.1. The third-order valence-corrected chi connectivity index (χ3v) is 2.90. The van der Waals surface area contributed by atoms with Gasteiger partial charge in [0, 0.05) is 11.6 Å².